The number of nitrogens with zero attached hydrogens (tertiary/aromatic N) is 2. The summed E-state index contributed by atoms with van der Waals surface area (Å²) in [6.45, 7) is 0.674. The Morgan fingerprint density at radius 1 is 1.12 bits per heavy atom. The second-order valence-corrected chi connectivity index (χ2v) is 6.75. The predicted octanol–water partition coefficient (Wildman–Crippen LogP) is 3.28. The number of amides is 1. The number of hydrogen-bond donors (Lipinski definition) is 2. The molecule has 0 unspecified atom stereocenters. The molecular formula is C20H19N3O3. The molecule has 2 N–H and O–H groups in total. The minimum absolute atomic E-state index is 0.403. The Morgan fingerprint density at radius 2 is 1.85 bits per heavy atom. The minimum Gasteiger partial charge on any atom is -0.480 e. The molecule has 6 heteroatoms. The van der Waals surface area contributed by atoms with Crippen molar-refractivity contribution in [1.29, 1.82) is 0 Å². The van der Waals surface area contributed by atoms with Crippen LogP contribution in [0.3, 0.4) is 0 Å². The number of anilines is 1. The van der Waals surface area contributed by atoms with Crippen molar-refractivity contribution >= 4 is 28.6 Å². The molecule has 1 aromatic heterocycles. The van der Waals surface area contributed by atoms with Gasteiger partial charge in [0, 0.05) is 12.2 Å². The van der Waals surface area contributed by atoms with Gasteiger partial charge in [-0.25, -0.2) is 4.98 Å². The first-order valence-corrected chi connectivity index (χ1v) is 8.62. The van der Waals surface area contributed by atoms with Gasteiger partial charge in [0.15, 0.2) is 0 Å². The van der Waals surface area contributed by atoms with Crippen LogP contribution in [0.2, 0.25) is 0 Å². The molecule has 1 fully saturated rings. The highest BCUT2D eigenvalue weighted by atomic mass is 16.4. The summed E-state index contributed by atoms with van der Waals surface area (Å²) in [6.07, 6.45) is 3.39. The number of rotatable bonds is 5. The van der Waals surface area contributed by atoms with Crippen LogP contribution >= 0.6 is 0 Å². The highest BCUT2D eigenvalue weighted by molar-refractivity contribution is 6.09. The highest BCUT2D eigenvalue weighted by Gasteiger charge is 2.51. The van der Waals surface area contributed by atoms with E-state index in [1.54, 1.807) is 12.1 Å². The van der Waals surface area contributed by atoms with Crippen LogP contribution in [0.5, 0.6) is 0 Å². The molecule has 0 bridgehead atoms. The SMILES string of the molecule is O=C(O)C1(C(=O)Nc2ccc(Cn3cnc4ccccc43)cc2)CCC1. The van der Waals surface area contributed by atoms with Gasteiger partial charge in [-0.2, -0.15) is 0 Å². The Bertz CT molecular complexity index is 971. The smallest absolute Gasteiger partial charge is 0.319 e. The average molecular weight is 349 g/mol. The van der Waals surface area contributed by atoms with Crippen LogP contribution in [0, 0.1) is 5.41 Å². The summed E-state index contributed by atoms with van der Waals surface area (Å²) in [5.41, 5.74) is 2.45. The zero-order valence-electron chi connectivity index (χ0n) is 14.2. The van der Waals surface area contributed by atoms with Gasteiger partial charge in [0.1, 0.15) is 5.41 Å². The van der Waals surface area contributed by atoms with Crippen LogP contribution in [0.4, 0.5) is 5.69 Å². The summed E-state index contributed by atoms with van der Waals surface area (Å²) >= 11 is 0. The normalized spacial score (nSPS) is 15.4. The third kappa shape index (κ3) is 2.73. The van der Waals surface area contributed by atoms with E-state index in [2.05, 4.69) is 14.9 Å². The Hall–Kier alpha value is -3.15. The van der Waals surface area contributed by atoms with Crippen LogP contribution in [-0.4, -0.2) is 26.5 Å². The molecule has 4 rings (SSSR count). The van der Waals surface area contributed by atoms with Crippen molar-refractivity contribution in [2.45, 2.75) is 25.8 Å². The highest BCUT2D eigenvalue weighted by Crippen LogP contribution is 2.42. The summed E-state index contributed by atoms with van der Waals surface area (Å²) in [7, 11) is 0. The lowest BCUT2D eigenvalue weighted by atomic mass is 9.68. The number of aromatic nitrogens is 2. The Balaban J connectivity index is 1.47. The van der Waals surface area contributed by atoms with Crippen molar-refractivity contribution < 1.29 is 14.7 Å². The summed E-state index contributed by atoms with van der Waals surface area (Å²) in [4.78, 5) is 28.1. The molecule has 1 aliphatic rings. The van der Waals surface area contributed by atoms with Gasteiger partial charge < -0.3 is 15.0 Å². The summed E-state index contributed by atoms with van der Waals surface area (Å²) in [5.74, 6) is -1.46. The van der Waals surface area contributed by atoms with Gasteiger partial charge in [-0.05, 0) is 42.7 Å². The van der Waals surface area contributed by atoms with E-state index in [1.807, 2.05) is 42.7 Å². The number of carbonyl (C=O) groups is 2. The number of carboxylic acids is 1. The number of hydrogen-bond acceptors (Lipinski definition) is 3. The molecule has 2 aromatic carbocycles. The fraction of sp³-hybridized carbons (Fsp3) is 0.250. The average Bonchev–Trinajstić information content (AvgIpc) is 2.98. The largest absolute Gasteiger partial charge is 0.480 e. The number of carbonyl (C=O) groups excluding carboxylic acids is 1. The van der Waals surface area contributed by atoms with Crippen molar-refractivity contribution in [2.75, 3.05) is 5.32 Å². The lowest BCUT2D eigenvalue weighted by molar-refractivity contribution is -0.159. The van der Waals surface area contributed by atoms with Gasteiger partial charge in [0.2, 0.25) is 5.91 Å². The number of para-hydroxylation sites is 2. The summed E-state index contributed by atoms with van der Waals surface area (Å²) in [6, 6.07) is 15.4. The molecule has 1 amide bonds. The Morgan fingerprint density at radius 3 is 2.50 bits per heavy atom. The van der Waals surface area contributed by atoms with Gasteiger partial charge >= 0.3 is 5.97 Å². The van der Waals surface area contributed by atoms with Crippen molar-refractivity contribution in [3.8, 4) is 0 Å². The van der Waals surface area contributed by atoms with Gasteiger partial charge in [0.05, 0.1) is 17.4 Å². The fourth-order valence-electron chi connectivity index (χ4n) is 3.35. The number of imidazole rings is 1. The van der Waals surface area contributed by atoms with E-state index < -0.39 is 17.3 Å². The lowest BCUT2D eigenvalue weighted by Crippen LogP contribution is -2.48. The van der Waals surface area contributed by atoms with Crippen LogP contribution in [0.25, 0.3) is 11.0 Å². The first-order valence-electron chi connectivity index (χ1n) is 8.62. The molecule has 0 aliphatic heterocycles. The number of benzene rings is 2. The van der Waals surface area contributed by atoms with Gasteiger partial charge in [-0.3, -0.25) is 9.59 Å². The summed E-state index contributed by atoms with van der Waals surface area (Å²) in [5, 5.41) is 12.1. The van der Waals surface area contributed by atoms with Crippen LogP contribution < -0.4 is 5.32 Å². The fourth-order valence-corrected chi connectivity index (χ4v) is 3.35. The zero-order chi connectivity index (χ0) is 18.1. The van der Waals surface area contributed by atoms with Crippen molar-refractivity contribution in [3.63, 3.8) is 0 Å². The van der Waals surface area contributed by atoms with Crippen molar-refractivity contribution in [2.24, 2.45) is 5.41 Å². The molecule has 0 radical (unpaired) electrons. The predicted molar refractivity (Wildman–Crippen MR) is 97.8 cm³/mol. The maximum absolute atomic E-state index is 12.3. The zero-order valence-corrected chi connectivity index (χ0v) is 14.2. The number of fused-ring (bicyclic) bond motifs is 1. The number of carboxylic acid groups (broad SMARTS) is 1. The third-order valence-corrected chi connectivity index (χ3v) is 5.14. The molecule has 1 saturated carbocycles. The molecule has 0 saturated heterocycles. The maximum atomic E-state index is 12.3. The lowest BCUT2D eigenvalue weighted by Gasteiger charge is -2.35. The maximum Gasteiger partial charge on any atom is 0.319 e. The van der Waals surface area contributed by atoms with Crippen molar-refractivity contribution in [1.82, 2.24) is 9.55 Å². The molecule has 6 nitrogen and oxygen atoms in total. The Labute approximate surface area is 150 Å². The summed E-state index contributed by atoms with van der Waals surface area (Å²) < 4.78 is 2.07. The second-order valence-electron chi connectivity index (χ2n) is 6.75. The monoisotopic (exact) mass is 349 g/mol. The van der Waals surface area contributed by atoms with Gasteiger partial charge in [-0.15, -0.1) is 0 Å². The number of nitrogens with one attached hydrogen (secondary N) is 1. The van der Waals surface area contributed by atoms with Crippen LogP contribution in [0.1, 0.15) is 24.8 Å². The molecule has 1 aliphatic carbocycles. The van der Waals surface area contributed by atoms with Crippen molar-refractivity contribution in [3.05, 3.63) is 60.4 Å². The Kier molecular flexibility index (Phi) is 3.95. The first-order chi connectivity index (χ1) is 12.6. The van der Waals surface area contributed by atoms with Crippen LogP contribution in [0.15, 0.2) is 54.9 Å². The topological polar surface area (TPSA) is 84.2 Å². The molecule has 26 heavy (non-hydrogen) atoms. The second kappa shape index (κ2) is 6.29. The van der Waals surface area contributed by atoms with E-state index in [9.17, 15) is 14.7 Å². The van der Waals surface area contributed by atoms with Gasteiger partial charge in [-0.1, -0.05) is 30.7 Å². The molecule has 0 atom stereocenters. The van der Waals surface area contributed by atoms with E-state index >= 15 is 0 Å². The molecule has 1 heterocycles. The third-order valence-electron chi connectivity index (χ3n) is 5.14. The number of aliphatic carboxylic acids is 1. The van der Waals surface area contributed by atoms with E-state index in [-0.39, 0.29) is 0 Å². The van der Waals surface area contributed by atoms with Crippen LogP contribution in [-0.2, 0) is 16.1 Å². The van der Waals surface area contributed by atoms with Gasteiger partial charge in [0.25, 0.3) is 0 Å². The standard InChI is InChI=1S/C20H19N3O3/c24-18(20(19(25)26)10-3-11-20)22-15-8-6-14(7-9-15)12-23-13-21-16-4-1-2-5-17(16)23/h1-2,4-9,13H,3,10-12H2,(H,22,24)(H,25,26). The molecule has 0 spiro atoms. The quantitative estimate of drug-likeness (QED) is 0.692. The van der Waals surface area contributed by atoms with E-state index in [0.29, 0.717) is 25.1 Å². The van der Waals surface area contributed by atoms with E-state index in [1.165, 1.54) is 0 Å². The first kappa shape index (κ1) is 16.3. The minimum atomic E-state index is -1.26. The molecular weight excluding hydrogens is 330 g/mol. The molecule has 132 valence electrons. The van der Waals surface area contributed by atoms with E-state index in [0.717, 1.165) is 23.0 Å². The van der Waals surface area contributed by atoms with E-state index in [4.69, 9.17) is 0 Å². The molecule has 3 aromatic rings.